The Morgan fingerprint density at radius 1 is 0.783 bits per heavy atom. The highest BCUT2D eigenvalue weighted by Crippen LogP contribution is 2.10. The Bertz CT molecular complexity index is 307. The van der Waals surface area contributed by atoms with Crippen molar-refractivity contribution in [1.29, 1.82) is 0 Å². The van der Waals surface area contributed by atoms with Crippen LogP contribution in [0.15, 0.2) is 0 Å². The number of unbranched alkanes of at least 4 members (excludes halogenated alkanes) is 9. The molecule has 23 heavy (non-hydrogen) atoms. The summed E-state index contributed by atoms with van der Waals surface area (Å²) in [5.41, 5.74) is 0. The molecular formula is C18H35NO4. The van der Waals surface area contributed by atoms with Gasteiger partial charge in [0.15, 0.2) is 0 Å². The summed E-state index contributed by atoms with van der Waals surface area (Å²) in [6.45, 7) is 4.65. The van der Waals surface area contributed by atoms with Gasteiger partial charge in [0.2, 0.25) is 0 Å². The Balaban J connectivity index is 3.37. The van der Waals surface area contributed by atoms with Crippen molar-refractivity contribution < 1.29 is 19.1 Å². The van der Waals surface area contributed by atoms with Crippen LogP contribution in [-0.2, 0) is 14.3 Å². The van der Waals surface area contributed by atoms with Crippen LogP contribution in [0.2, 0.25) is 0 Å². The molecule has 0 rings (SSSR count). The van der Waals surface area contributed by atoms with Crippen LogP contribution in [0, 0.1) is 0 Å². The topological polar surface area (TPSA) is 55.8 Å². The summed E-state index contributed by atoms with van der Waals surface area (Å²) < 4.78 is 9.92. The number of carbonyl (C=O) groups excluding carboxylic acids is 2. The molecule has 0 spiro atoms. The molecule has 0 N–H and O–H groups in total. The summed E-state index contributed by atoms with van der Waals surface area (Å²) in [4.78, 5) is 24.1. The smallest absolute Gasteiger partial charge is 0.410 e. The Labute approximate surface area is 141 Å². The second-order valence-electron chi connectivity index (χ2n) is 5.96. The lowest BCUT2D eigenvalue weighted by Gasteiger charge is -2.15. The van der Waals surface area contributed by atoms with Crippen molar-refractivity contribution in [3.63, 3.8) is 0 Å². The Morgan fingerprint density at radius 3 is 1.83 bits per heavy atom. The lowest BCUT2D eigenvalue weighted by atomic mass is 10.1. The van der Waals surface area contributed by atoms with Gasteiger partial charge in [-0.2, -0.15) is 0 Å². The van der Waals surface area contributed by atoms with Crippen molar-refractivity contribution in [1.82, 2.24) is 4.90 Å². The SMILES string of the molecule is CCCCCCCCCCCCOC(=O)CN(C)C(=O)OCC. The summed E-state index contributed by atoms with van der Waals surface area (Å²) in [5.74, 6) is -0.378. The molecule has 5 heteroatoms. The monoisotopic (exact) mass is 329 g/mol. The van der Waals surface area contributed by atoms with E-state index in [1.165, 1.54) is 63.3 Å². The van der Waals surface area contributed by atoms with Gasteiger partial charge in [0, 0.05) is 7.05 Å². The number of rotatable bonds is 14. The van der Waals surface area contributed by atoms with Gasteiger partial charge in [0.05, 0.1) is 13.2 Å². The van der Waals surface area contributed by atoms with Gasteiger partial charge in [0.1, 0.15) is 6.54 Å². The van der Waals surface area contributed by atoms with E-state index in [4.69, 9.17) is 9.47 Å². The summed E-state index contributed by atoms with van der Waals surface area (Å²) in [5, 5.41) is 0. The fourth-order valence-electron chi connectivity index (χ4n) is 2.31. The fraction of sp³-hybridized carbons (Fsp3) is 0.889. The molecule has 0 unspecified atom stereocenters. The van der Waals surface area contributed by atoms with E-state index < -0.39 is 6.09 Å². The van der Waals surface area contributed by atoms with Gasteiger partial charge in [-0.05, 0) is 13.3 Å². The zero-order valence-electron chi connectivity index (χ0n) is 15.3. The second kappa shape index (κ2) is 15.6. The van der Waals surface area contributed by atoms with Crippen LogP contribution in [0.4, 0.5) is 4.79 Å². The van der Waals surface area contributed by atoms with Crippen LogP contribution in [0.5, 0.6) is 0 Å². The first-order chi connectivity index (χ1) is 11.1. The second-order valence-corrected chi connectivity index (χ2v) is 5.96. The lowest BCUT2D eigenvalue weighted by molar-refractivity contribution is -0.144. The first kappa shape index (κ1) is 21.7. The highest BCUT2D eigenvalue weighted by atomic mass is 16.6. The van der Waals surface area contributed by atoms with Crippen LogP contribution in [0.3, 0.4) is 0 Å². The molecule has 0 atom stereocenters. The first-order valence-corrected chi connectivity index (χ1v) is 9.15. The van der Waals surface area contributed by atoms with E-state index in [0.717, 1.165) is 12.8 Å². The number of nitrogens with zero attached hydrogens (tertiary/aromatic N) is 1. The number of hydrogen-bond acceptors (Lipinski definition) is 4. The maximum absolute atomic E-state index is 11.6. The minimum absolute atomic E-state index is 0.0589. The Hall–Kier alpha value is -1.26. The van der Waals surface area contributed by atoms with Crippen LogP contribution in [-0.4, -0.2) is 43.8 Å². The van der Waals surface area contributed by atoms with Crippen LogP contribution >= 0.6 is 0 Å². The molecule has 0 fully saturated rings. The van der Waals surface area contributed by atoms with Gasteiger partial charge in [-0.25, -0.2) is 4.79 Å². The van der Waals surface area contributed by atoms with Gasteiger partial charge in [0.25, 0.3) is 0 Å². The van der Waals surface area contributed by atoms with E-state index in [-0.39, 0.29) is 12.5 Å². The zero-order chi connectivity index (χ0) is 17.3. The normalized spacial score (nSPS) is 10.4. The largest absolute Gasteiger partial charge is 0.464 e. The molecule has 0 bridgehead atoms. The number of hydrogen-bond donors (Lipinski definition) is 0. The third kappa shape index (κ3) is 14.1. The molecule has 0 heterocycles. The molecule has 0 aromatic heterocycles. The van der Waals surface area contributed by atoms with Crippen molar-refractivity contribution in [2.45, 2.75) is 78.1 Å². The van der Waals surface area contributed by atoms with Gasteiger partial charge in [-0.3, -0.25) is 4.79 Å². The van der Waals surface area contributed by atoms with E-state index in [1.807, 2.05) is 0 Å². The fourth-order valence-corrected chi connectivity index (χ4v) is 2.31. The standard InChI is InChI=1S/C18H35NO4/c1-4-6-7-8-9-10-11-12-13-14-15-23-17(20)16-19(3)18(21)22-5-2/h4-16H2,1-3H3. The maximum Gasteiger partial charge on any atom is 0.410 e. The molecular weight excluding hydrogens is 294 g/mol. The molecule has 0 saturated heterocycles. The lowest BCUT2D eigenvalue weighted by Crippen LogP contribution is -2.33. The van der Waals surface area contributed by atoms with E-state index in [1.54, 1.807) is 6.92 Å². The zero-order valence-corrected chi connectivity index (χ0v) is 15.3. The molecule has 5 nitrogen and oxygen atoms in total. The van der Waals surface area contributed by atoms with Crippen molar-refractivity contribution in [2.24, 2.45) is 0 Å². The van der Waals surface area contributed by atoms with Crippen molar-refractivity contribution in [2.75, 3.05) is 26.8 Å². The maximum atomic E-state index is 11.6. The van der Waals surface area contributed by atoms with Crippen molar-refractivity contribution in [3.8, 4) is 0 Å². The number of amides is 1. The summed E-state index contributed by atoms with van der Waals surface area (Å²) in [6, 6.07) is 0. The number of carbonyl (C=O) groups is 2. The minimum atomic E-state index is -0.497. The molecule has 0 aromatic carbocycles. The predicted octanol–water partition coefficient (Wildman–Crippen LogP) is 4.54. The molecule has 0 saturated carbocycles. The molecule has 0 radical (unpaired) electrons. The molecule has 0 aromatic rings. The quantitative estimate of drug-likeness (QED) is 0.347. The summed E-state index contributed by atoms with van der Waals surface area (Å²) >= 11 is 0. The number of ether oxygens (including phenoxy) is 2. The number of likely N-dealkylation sites (N-methyl/N-ethyl adjacent to an activating group) is 1. The molecule has 0 aliphatic carbocycles. The molecule has 0 aliphatic rings. The van der Waals surface area contributed by atoms with Gasteiger partial charge in [-0.1, -0.05) is 64.7 Å². The Kier molecular flexibility index (Phi) is 14.8. The van der Waals surface area contributed by atoms with Crippen molar-refractivity contribution >= 4 is 12.1 Å². The van der Waals surface area contributed by atoms with E-state index in [2.05, 4.69) is 6.92 Å². The molecule has 0 aliphatic heterocycles. The Morgan fingerprint density at radius 2 is 1.30 bits per heavy atom. The first-order valence-electron chi connectivity index (χ1n) is 9.15. The van der Waals surface area contributed by atoms with Crippen LogP contribution in [0.1, 0.15) is 78.1 Å². The highest BCUT2D eigenvalue weighted by Gasteiger charge is 2.14. The molecule has 136 valence electrons. The molecule has 1 amide bonds. The van der Waals surface area contributed by atoms with Gasteiger partial charge >= 0.3 is 12.1 Å². The van der Waals surface area contributed by atoms with Crippen molar-refractivity contribution in [3.05, 3.63) is 0 Å². The average molecular weight is 329 g/mol. The number of esters is 1. The van der Waals surface area contributed by atoms with E-state index >= 15 is 0 Å². The van der Waals surface area contributed by atoms with Gasteiger partial charge in [-0.15, -0.1) is 0 Å². The van der Waals surface area contributed by atoms with Crippen LogP contribution in [0.25, 0.3) is 0 Å². The predicted molar refractivity (Wildman–Crippen MR) is 92.5 cm³/mol. The average Bonchev–Trinajstić information content (AvgIpc) is 2.52. The van der Waals surface area contributed by atoms with E-state index in [0.29, 0.717) is 13.2 Å². The third-order valence-electron chi connectivity index (χ3n) is 3.71. The summed E-state index contributed by atoms with van der Waals surface area (Å²) in [6.07, 6.45) is 12.0. The highest BCUT2D eigenvalue weighted by molar-refractivity contribution is 5.77. The minimum Gasteiger partial charge on any atom is -0.464 e. The van der Waals surface area contributed by atoms with Gasteiger partial charge < -0.3 is 14.4 Å². The van der Waals surface area contributed by atoms with E-state index in [9.17, 15) is 9.59 Å². The van der Waals surface area contributed by atoms with Crippen LogP contribution < -0.4 is 0 Å². The third-order valence-corrected chi connectivity index (χ3v) is 3.71. The summed E-state index contributed by atoms with van der Waals surface area (Å²) in [7, 11) is 1.53.